The van der Waals surface area contributed by atoms with Gasteiger partial charge in [0, 0.05) is 17.1 Å². The maximum absolute atomic E-state index is 13.2. The number of rotatable bonds is 6. The average molecular weight is 480 g/mol. The number of carbonyl (C=O) groups is 1. The smallest absolute Gasteiger partial charge is 0.325 e. The van der Waals surface area contributed by atoms with E-state index in [1.54, 1.807) is 13.0 Å². The number of fused-ring (bicyclic) bond motifs is 3. The minimum absolute atomic E-state index is 0.0545. The lowest BCUT2D eigenvalue weighted by Gasteiger charge is -2.15. The molecule has 3 aromatic rings. The van der Waals surface area contributed by atoms with Crippen LogP contribution in [0.1, 0.15) is 29.3 Å². The summed E-state index contributed by atoms with van der Waals surface area (Å²) in [4.78, 5) is 32.4. The first kappa shape index (κ1) is 22.6. The van der Waals surface area contributed by atoms with Gasteiger partial charge in [-0.25, -0.2) is 4.98 Å². The Morgan fingerprint density at radius 1 is 1.41 bits per heavy atom. The van der Waals surface area contributed by atoms with Gasteiger partial charge < -0.3 is 5.32 Å². The Kier molecular flexibility index (Phi) is 6.17. The standard InChI is InChI=1S/C22H20F3N3O2S2/c1-3-10-28-20(30)17-15-8-5-9-16(15)32-19(17)27-21(28)31-12(2)18(29)26-14-7-4-6-13(11-14)22(23,24)25/h3-4,6-7,11-12H,1,5,8-10H2,2H3,(H,26,29). The van der Waals surface area contributed by atoms with Crippen LogP contribution in [0.5, 0.6) is 0 Å². The summed E-state index contributed by atoms with van der Waals surface area (Å²) in [5.74, 6) is -0.484. The third-order valence-electron chi connectivity index (χ3n) is 5.21. The van der Waals surface area contributed by atoms with Crippen molar-refractivity contribution in [2.75, 3.05) is 5.32 Å². The van der Waals surface area contributed by atoms with Gasteiger partial charge in [-0.15, -0.1) is 17.9 Å². The van der Waals surface area contributed by atoms with Crippen molar-refractivity contribution in [3.8, 4) is 0 Å². The van der Waals surface area contributed by atoms with Crippen LogP contribution in [0.25, 0.3) is 10.2 Å². The van der Waals surface area contributed by atoms with Crippen LogP contribution in [-0.2, 0) is 30.4 Å². The lowest BCUT2D eigenvalue weighted by Crippen LogP contribution is -2.27. The molecule has 0 bridgehead atoms. The number of carbonyl (C=O) groups excluding carboxylic acids is 1. The first-order valence-corrected chi connectivity index (χ1v) is 11.7. The number of aryl methyl sites for hydroxylation is 2. The summed E-state index contributed by atoms with van der Waals surface area (Å²) in [7, 11) is 0. The summed E-state index contributed by atoms with van der Waals surface area (Å²) in [6.45, 7) is 5.58. The van der Waals surface area contributed by atoms with E-state index in [1.807, 2.05) is 0 Å². The van der Waals surface area contributed by atoms with Gasteiger partial charge in [0.2, 0.25) is 5.91 Å². The number of benzene rings is 1. The molecule has 5 nitrogen and oxygen atoms in total. The van der Waals surface area contributed by atoms with Crippen molar-refractivity contribution < 1.29 is 18.0 Å². The second kappa shape index (κ2) is 8.74. The van der Waals surface area contributed by atoms with Crippen LogP contribution in [-0.4, -0.2) is 20.7 Å². The maximum atomic E-state index is 13.2. The highest BCUT2D eigenvalue weighted by molar-refractivity contribution is 8.00. The number of nitrogens with one attached hydrogen (secondary N) is 1. The molecule has 0 spiro atoms. The molecule has 1 amide bonds. The molecule has 1 aliphatic rings. The van der Waals surface area contributed by atoms with Crippen molar-refractivity contribution in [3.63, 3.8) is 0 Å². The van der Waals surface area contributed by atoms with Gasteiger partial charge in [0.15, 0.2) is 5.16 Å². The highest BCUT2D eigenvalue weighted by atomic mass is 32.2. The van der Waals surface area contributed by atoms with E-state index in [1.165, 1.54) is 32.9 Å². The van der Waals surface area contributed by atoms with E-state index < -0.39 is 22.9 Å². The third kappa shape index (κ3) is 4.33. The second-order valence-electron chi connectivity index (χ2n) is 7.46. The Balaban J connectivity index is 1.60. The Bertz CT molecular complexity index is 1260. The minimum atomic E-state index is -4.50. The lowest BCUT2D eigenvalue weighted by atomic mass is 10.2. The number of allylic oxidation sites excluding steroid dienone is 1. The van der Waals surface area contributed by atoms with Gasteiger partial charge in [-0.1, -0.05) is 23.9 Å². The molecule has 0 saturated carbocycles. The first-order valence-electron chi connectivity index (χ1n) is 9.99. The molecule has 1 unspecified atom stereocenters. The van der Waals surface area contributed by atoms with Crippen LogP contribution >= 0.6 is 23.1 Å². The fraction of sp³-hybridized carbons (Fsp3) is 0.318. The predicted octanol–water partition coefficient (Wildman–Crippen LogP) is 5.27. The molecule has 0 saturated heterocycles. The molecule has 0 fully saturated rings. The Morgan fingerprint density at radius 2 is 2.19 bits per heavy atom. The van der Waals surface area contributed by atoms with E-state index in [4.69, 9.17) is 0 Å². The van der Waals surface area contributed by atoms with E-state index >= 15 is 0 Å². The van der Waals surface area contributed by atoms with Crippen LogP contribution in [0.3, 0.4) is 0 Å². The van der Waals surface area contributed by atoms with E-state index in [-0.39, 0.29) is 17.8 Å². The molecule has 2 aromatic heterocycles. The molecule has 1 aromatic carbocycles. The Labute approximate surface area is 190 Å². The molecular weight excluding hydrogens is 459 g/mol. The molecule has 1 N–H and O–H groups in total. The lowest BCUT2D eigenvalue weighted by molar-refractivity contribution is -0.137. The summed E-state index contributed by atoms with van der Waals surface area (Å²) in [6, 6.07) is 4.47. The SMILES string of the molecule is C=CCn1c(SC(C)C(=O)Nc2cccc(C(F)(F)F)c2)nc2sc3c(c2c1=O)CCC3. The van der Waals surface area contributed by atoms with E-state index in [0.29, 0.717) is 15.4 Å². The van der Waals surface area contributed by atoms with Crippen molar-refractivity contribution in [1.29, 1.82) is 0 Å². The zero-order valence-corrected chi connectivity index (χ0v) is 18.8. The third-order valence-corrected chi connectivity index (χ3v) is 7.49. The minimum Gasteiger partial charge on any atom is -0.325 e. The van der Waals surface area contributed by atoms with Gasteiger partial charge >= 0.3 is 6.18 Å². The number of halogens is 3. The number of hydrogen-bond acceptors (Lipinski definition) is 5. The predicted molar refractivity (Wildman–Crippen MR) is 121 cm³/mol. The summed E-state index contributed by atoms with van der Waals surface area (Å²) in [6.07, 6.45) is -0.0689. The van der Waals surface area contributed by atoms with Crippen LogP contribution in [0.15, 0.2) is 46.9 Å². The quantitative estimate of drug-likeness (QED) is 0.297. The molecule has 2 heterocycles. The fourth-order valence-corrected chi connectivity index (χ4v) is 5.89. The van der Waals surface area contributed by atoms with Crippen molar-refractivity contribution in [1.82, 2.24) is 9.55 Å². The maximum Gasteiger partial charge on any atom is 0.416 e. The van der Waals surface area contributed by atoms with Gasteiger partial charge in [-0.05, 0) is 49.9 Å². The van der Waals surface area contributed by atoms with Gasteiger partial charge in [-0.3, -0.25) is 14.2 Å². The van der Waals surface area contributed by atoms with Crippen molar-refractivity contribution >= 4 is 44.9 Å². The average Bonchev–Trinajstić information content (AvgIpc) is 3.31. The van der Waals surface area contributed by atoms with Crippen LogP contribution in [0.2, 0.25) is 0 Å². The molecule has 168 valence electrons. The number of nitrogens with zero attached hydrogens (tertiary/aromatic N) is 2. The monoisotopic (exact) mass is 479 g/mol. The van der Waals surface area contributed by atoms with Crippen molar-refractivity contribution in [2.24, 2.45) is 0 Å². The van der Waals surface area contributed by atoms with E-state index in [0.717, 1.165) is 48.7 Å². The van der Waals surface area contributed by atoms with Crippen LogP contribution in [0.4, 0.5) is 18.9 Å². The zero-order chi connectivity index (χ0) is 23.0. The molecule has 10 heteroatoms. The highest BCUT2D eigenvalue weighted by Crippen LogP contribution is 2.36. The second-order valence-corrected chi connectivity index (χ2v) is 9.86. The topological polar surface area (TPSA) is 64.0 Å². The molecule has 0 aliphatic heterocycles. The number of thiophene rings is 1. The first-order chi connectivity index (χ1) is 15.2. The van der Waals surface area contributed by atoms with Gasteiger partial charge in [-0.2, -0.15) is 13.2 Å². The Morgan fingerprint density at radius 3 is 2.91 bits per heavy atom. The van der Waals surface area contributed by atoms with E-state index in [2.05, 4.69) is 16.9 Å². The summed E-state index contributed by atoms with van der Waals surface area (Å²) < 4.78 is 40.3. The van der Waals surface area contributed by atoms with E-state index in [9.17, 15) is 22.8 Å². The number of alkyl halides is 3. The molecule has 1 aliphatic carbocycles. The van der Waals surface area contributed by atoms with Crippen LogP contribution in [0, 0.1) is 0 Å². The van der Waals surface area contributed by atoms with Gasteiger partial charge in [0.25, 0.3) is 5.56 Å². The number of aromatic nitrogens is 2. The number of thioether (sulfide) groups is 1. The molecule has 0 radical (unpaired) electrons. The Hall–Kier alpha value is -2.59. The van der Waals surface area contributed by atoms with Crippen molar-refractivity contribution in [2.45, 2.75) is 49.3 Å². The summed E-state index contributed by atoms with van der Waals surface area (Å²) in [5.41, 5.74) is 0.140. The number of hydrogen-bond donors (Lipinski definition) is 1. The fourth-order valence-electron chi connectivity index (χ4n) is 3.67. The normalized spacial score (nSPS) is 14.4. The van der Waals surface area contributed by atoms with Crippen LogP contribution < -0.4 is 10.9 Å². The number of amides is 1. The summed E-state index contributed by atoms with van der Waals surface area (Å²) >= 11 is 2.61. The molecule has 1 atom stereocenters. The van der Waals surface area contributed by atoms with Gasteiger partial charge in [0.1, 0.15) is 4.83 Å². The molecule has 32 heavy (non-hydrogen) atoms. The zero-order valence-electron chi connectivity index (χ0n) is 17.2. The molecular formula is C22H20F3N3O2S2. The summed E-state index contributed by atoms with van der Waals surface area (Å²) in [5, 5.41) is 2.85. The van der Waals surface area contributed by atoms with Crippen molar-refractivity contribution in [3.05, 3.63) is 63.3 Å². The molecule has 4 rings (SSSR count). The van der Waals surface area contributed by atoms with Gasteiger partial charge in [0.05, 0.1) is 16.2 Å². The largest absolute Gasteiger partial charge is 0.416 e. The number of anilines is 1. The highest BCUT2D eigenvalue weighted by Gasteiger charge is 2.31.